The van der Waals surface area contributed by atoms with Crippen molar-refractivity contribution in [2.24, 2.45) is 40.9 Å². The zero-order chi connectivity index (χ0) is 20.6. The Morgan fingerprint density at radius 2 is 1.97 bits per heavy atom. The Bertz CT molecular complexity index is 602. The number of unbranched alkanes of at least 4 members (excludes halogenated alkanes) is 1. The quantitative estimate of drug-likeness (QED) is 0.334. The van der Waals surface area contributed by atoms with Gasteiger partial charge in [0.25, 0.3) is 0 Å². The summed E-state index contributed by atoms with van der Waals surface area (Å²) in [4.78, 5) is 0. The number of aliphatic hydroxyl groups excluding tert-OH is 1. The number of aliphatic hydroxyl groups is 1. The van der Waals surface area contributed by atoms with E-state index >= 15 is 0 Å². The second-order valence-electron chi connectivity index (χ2n) is 11.5. The van der Waals surface area contributed by atoms with Crippen molar-refractivity contribution in [2.45, 2.75) is 104 Å². The first kappa shape index (κ1) is 22.2. The molecule has 0 radical (unpaired) electrons. The SMILES string of the molecule is CC(C)CCCCC1CCC2C3CC(CSF)C4=C(CCC(O)C4)C3CC[C@]12C. The van der Waals surface area contributed by atoms with E-state index in [-0.39, 0.29) is 6.10 Å². The Morgan fingerprint density at radius 1 is 1.14 bits per heavy atom. The highest BCUT2D eigenvalue weighted by atomic mass is 32.2. The van der Waals surface area contributed by atoms with Gasteiger partial charge < -0.3 is 5.11 Å². The number of allylic oxidation sites excluding steroid dienone is 1. The maximum absolute atomic E-state index is 13.3. The summed E-state index contributed by atoms with van der Waals surface area (Å²) in [6.07, 6.45) is 15.0. The van der Waals surface area contributed by atoms with E-state index < -0.39 is 0 Å². The Morgan fingerprint density at radius 3 is 2.72 bits per heavy atom. The van der Waals surface area contributed by atoms with E-state index in [1.54, 1.807) is 5.57 Å². The largest absolute Gasteiger partial charge is 0.393 e. The summed E-state index contributed by atoms with van der Waals surface area (Å²) < 4.78 is 13.3. The smallest absolute Gasteiger partial charge is 0.0580 e. The summed E-state index contributed by atoms with van der Waals surface area (Å²) in [5.74, 6) is 5.11. The molecule has 0 aromatic rings. The molecule has 2 fully saturated rings. The molecular formula is C26H43FOS. The van der Waals surface area contributed by atoms with E-state index in [4.69, 9.17) is 0 Å². The lowest BCUT2D eigenvalue weighted by Crippen LogP contribution is -2.46. The predicted molar refractivity (Wildman–Crippen MR) is 122 cm³/mol. The van der Waals surface area contributed by atoms with Crippen molar-refractivity contribution < 1.29 is 8.99 Å². The van der Waals surface area contributed by atoms with Crippen LogP contribution in [0, 0.1) is 40.9 Å². The van der Waals surface area contributed by atoms with E-state index in [1.807, 2.05) is 0 Å². The summed E-state index contributed by atoms with van der Waals surface area (Å²) in [5, 5.41) is 10.3. The molecule has 0 spiro atoms. The minimum atomic E-state index is -0.187. The van der Waals surface area contributed by atoms with Gasteiger partial charge in [0.2, 0.25) is 0 Å². The van der Waals surface area contributed by atoms with E-state index in [2.05, 4.69) is 20.8 Å². The third-order valence-electron chi connectivity index (χ3n) is 9.59. The van der Waals surface area contributed by atoms with Gasteiger partial charge in [0.1, 0.15) is 0 Å². The highest BCUT2D eigenvalue weighted by Crippen LogP contribution is 2.64. The predicted octanol–water partition coefficient (Wildman–Crippen LogP) is 7.74. The molecule has 0 bridgehead atoms. The van der Waals surface area contributed by atoms with Gasteiger partial charge >= 0.3 is 0 Å². The molecule has 0 aromatic heterocycles. The van der Waals surface area contributed by atoms with Crippen LogP contribution < -0.4 is 0 Å². The molecular weight excluding hydrogens is 379 g/mol. The van der Waals surface area contributed by atoms with E-state index in [9.17, 15) is 8.99 Å². The zero-order valence-electron chi connectivity index (χ0n) is 19.0. The van der Waals surface area contributed by atoms with Crippen LogP contribution in [0.3, 0.4) is 0 Å². The van der Waals surface area contributed by atoms with Crippen molar-refractivity contribution in [3.05, 3.63) is 11.1 Å². The molecule has 6 unspecified atom stereocenters. The van der Waals surface area contributed by atoms with Gasteiger partial charge in [-0.25, -0.2) is 0 Å². The van der Waals surface area contributed by atoms with Crippen LogP contribution in [-0.4, -0.2) is 17.0 Å². The van der Waals surface area contributed by atoms with Crippen molar-refractivity contribution in [3.8, 4) is 0 Å². The van der Waals surface area contributed by atoms with Crippen molar-refractivity contribution in [1.29, 1.82) is 0 Å². The molecule has 166 valence electrons. The van der Waals surface area contributed by atoms with Crippen LogP contribution in [0.25, 0.3) is 0 Å². The third-order valence-corrected chi connectivity index (χ3v) is 10.1. The number of halogens is 1. The third kappa shape index (κ3) is 4.34. The van der Waals surface area contributed by atoms with Crippen LogP contribution in [0.1, 0.15) is 97.8 Å². The summed E-state index contributed by atoms with van der Waals surface area (Å²) in [5.41, 5.74) is 3.67. The van der Waals surface area contributed by atoms with E-state index in [0.717, 1.165) is 48.9 Å². The monoisotopic (exact) mass is 422 g/mol. The highest BCUT2D eigenvalue weighted by Gasteiger charge is 2.55. The van der Waals surface area contributed by atoms with Gasteiger partial charge in [-0.1, -0.05) is 51.2 Å². The van der Waals surface area contributed by atoms with Gasteiger partial charge in [0.05, 0.1) is 6.10 Å². The molecule has 0 aliphatic heterocycles. The molecule has 4 aliphatic rings. The van der Waals surface area contributed by atoms with Crippen molar-refractivity contribution in [3.63, 3.8) is 0 Å². The second kappa shape index (κ2) is 9.23. The Kier molecular flexibility index (Phi) is 7.06. The van der Waals surface area contributed by atoms with Crippen LogP contribution in [0.4, 0.5) is 3.89 Å². The summed E-state index contributed by atoms with van der Waals surface area (Å²) in [6, 6.07) is 0. The molecule has 7 atom stereocenters. The zero-order valence-corrected chi connectivity index (χ0v) is 19.8. The maximum atomic E-state index is 13.3. The standard InChI is InChI=1S/C26H43FOS/c1-17(2)6-4-5-7-19-8-11-25-24-14-18(16-29-27)23-15-20(28)9-10-21(23)22(24)12-13-26(19,25)3/h17-20,22,24-25,28H,4-16H2,1-3H3/t18?,19?,20?,22?,24?,25?,26-/m1/s1. The van der Waals surface area contributed by atoms with Gasteiger partial charge in [-0.05, 0) is 98.7 Å². The minimum Gasteiger partial charge on any atom is -0.393 e. The van der Waals surface area contributed by atoms with Crippen LogP contribution in [0.15, 0.2) is 11.1 Å². The summed E-state index contributed by atoms with van der Waals surface area (Å²) in [7, 11) is 0. The fraction of sp³-hybridized carbons (Fsp3) is 0.923. The molecule has 0 saturated heterocycles. The summed E-state index contributed by atoms with van der Waals surface area (Å²) in [6.45, 7) is 7.31. The molecule has 0 aromatic carbocycles. The number of fused-ring (bicyclic) bond motifs is 4. The first-order valence-corrected chi connectivity index (χ1v) is 13.5. The second-order valence-corrected chi connectivity index (χ2v) is 12.1. The van der Waals surface area contributed by atoms with Crippen molar-refractivity contribution in [1.82, 2.24) is 0 Å². The molecule has 2 saturated carbocycles. The van der Waals surface area contributed by atoms with Gasteiger partial charge in [0.15, 0.2) is 0 Å². The lowest BCUT2D eigenvalue weighted by molar-refractivity contribution is 0.00123. The molecule has 4 rings (SSSR count). The van der Waals surface area contributed by atoms with Gasteiger partial charge in [-0.3, -0.25) is 0 Å². The lowest BCUT2D eigenvalue weighted by Gasteiger charge is -2.54. The fourth-order valence-corrected chi connectivity index (χ4v) is 8.60. The topological polar surface area (TPSA) is 20.2 Å². The molecule has 1 nitrogen and oxygen atoms in total. The van der Waals surface area contributed by atoms with E-state index in [1.165, 1.54) is 63.4 Å². The van der Waals surface area contributed by atoms with Crippen LogP contribution in [0.2, 0.25) is 0 Å². The summed E-state index contributed by atoms with van der Waals surface area (Å²) >= 11 is 0.529. The number of hydrogen-bond donors (Lipinski definition) is 1. The van der Waals surface area contributed by atoms with Crippen LogP contribution >= 0.6 is 12.1 Å². The highest BCUT2D eigenvalue weighted by molar-refractivity contribution is 7.94. The minimum absolute atomic E-state index is 0.187. The first-order valence-electron chi connectivity index (χ1n) is 12.6. The number of hydrogen-bond acceptors (Lipinski definition) is 2. The molecule has 0 amide bonds. The Hall–Kier alpha value is -0.0200. The Balaban J connectivity index is 1.49. The van der Waals surface area contributed by atoms with Crippen molar-refractivity contribution >= 4 is 12.1 Å². The van der Waals surface area contributed by atoms with Crippen LogP contribution in [0.5, 0.6) is 0 Å². The lowest BCUT2D eigenvalue weighted by atomic mass is 9.51. The normalized spacial score (nSPS) is 42.0. The average Bonchev–Trinajstić information content (AvgIpc) is 3.02. The van der Waals surface area contributed by atoms with Crippen LogP contribution in [-0.2, 0) is 0 Å². The first-order chi connectivity index (χ1) is 13.9. The van der Waals surface area contributed by atoms with Gasteiger partial charge in [0, 0.05) is 17.9 Å². The maximum Gasteiger partial charge on any atom is 0.0580 e. The average molecular weight is 423 g/mol. The molecule has 1 N–H and O–H groups in total. The Labute approximate surface area is 183 Å². The number of rotatable bonds is 7. The molecule has 29 heavy (non-hydrogen) atoms. The van der Waals surface area contributed by atoms with E-state index in [0.29, 0.717) is 29.2 Å². The molecule has 3 heteroatoms. The van der Waals surface area contributed by atoms with Gasteiger partial charge in [-0.2, -0.15) is 3.89 Å². The van der Waals surface area contributed by atoms with Gasteiger partial charge in [-0.15, -0.1) is 0 Å². The molecule has 4 aliphatic carbocycles. The molecule has 0 heterocycles. The fourth-order valence-electron chi connectivity index (χ4n) is 8.11. The van der Waals surface area contributed by atoms with Crippen molar-refractivity contribution in [2.75, 3.05) is 5.75 Å².